The van der Waals surface area contributed by atoms with Gasteiger partial charge in [-0.15, -0.1) is 0 Å². The molecule has 39 heavy (non-hydrogen) atoms. The molecule has 3 heteroatoms. The van der Waals surface area contributed by atoms with Gasteiger partial charge in [0.2, 0.25) is 0 Å². The highest BCUT2D eigenvalue weighted by Gasteiger charge is 2.19. The molecule has 0 fully saturated rings. The van der Waals surface area contributed by atoms with Gasteiger partial charge >= 0.3 is 0 Å². The quantitative estimate of drug-likeness (QED) is 0.209. The summed E-state index contributed by atoms with van der Waals surface area (Å²) in [5.74, 6) is 2.45. The molecule has 1 radical (unpaired) electrons. The molecule has 4 aromatic carbocycles. The van der Waals surface area contributed by atoms with Crippen LogP contribution in [-0.2, 0) is 13.0 Å². The first-order valence-electron chi connectivity index (χ1n) is 13.9. The largest absolute Gasteiger partial charge is 0.493 e. The normalized spacial score (nSPS) is 13.9. The summed E-state index contributed by atoms with van der Waals surface area (Å²) in [6.07, 6.45) is 7.63. The van der Waals surface area contributed by atoms with Gasteiger partial charge in [0.1, 0.15) is 17.3 Å². The Morgan fingerprint density at radius 3 is 2.54 bits per heavy atom. The first-order valence-corrected chi connectivity index (χ1v) is 13.9. The Balaban J connectivity index is 1.27. The van der Waals surface area contributed by atoms with Crippen molar-refractivity contribution in [2.24, 2.45) is 0 Å². The van der Waals surface area contributed by atoms with Crippen LogP contribution in [0.2, 0.25) is 0 Å². The van der Waals surface area contributed by atoms with Crippen LogP contribution in [0.25, 0.3) is 22.5 Å². The number of nitrogens with zero attached hydrogens (tertiary/aromatic N) is 1. The van der Waals surface area contributed by atoms with Crippen molar-refractivity contribution < 1.29 is 9.47 Å². The molecular weight excluding hydrogens is 478 g/mol. The van der Waals surface area contributed by atoms with Gasteiger partial charge in [0.05, 0.1) is 6.61 Å². The van der Waals surface area contributed by atoms with E-state index in [1.165, 1.54) is 28.0 Å². The topological polar surface area (TPSA) is 21.7 Å². The highest BCUT2D eigenvalue weighted by Crippen LogP contribution is 2.37. The van der Waals surface area contributed by atoms with E-state index in [4.69, 9.17) is 9.47 Å². The Kier molecular flexibility index (Phi) is 7.23. The standard InChI is InChI=1S/C36H34NO2/c1-3-37(31-12-5-4-6-13-31)25-30-24-32(19-20-34(30)27-16-17-27)39-26(2)33-14-7-8-15-35(33)28-18-21-36-29(23-28)11-9-10-22-38-36/h4-8,12-21,23-24H,2-3,9-11,22,25H2,1H3. The number of allylic oxidation sites excluding steroid dienone is 2. The van der Waals surface area contributed by atoms with Crippen LogP contribution in [0.5, 0.6) is 11.5 Å². The van der Waals surface area contributed by atoms with E-state index in [1.54, 1.807) is 0 Å². The summed E-state index contributed by atoms with van der Waals surface area (Å²) in [5.41, 5.74) is 9.55. The average molecular weight is 513 g/mol. The number of ether oxygens (including phenoxy) is 2. The van der Waals surface area contributed by atoms with E-state index < -0.39 is 0 Å². The van der Waals surface area contributed by atoms with Crippen molar-refractivity contribution in [2.45, 2.75) is 32.7 Å². The van der Waals surface area contributed by atoms with Gasteiger partial charge in [-0.05, 0) is 96.0 Å². The van der Waals surface area contributed by atoms with E-state index in [1.807, 2.05) is 6.07 Å². The molecule has 1 heterocycles. The van der Waals surface area contributed by atoms with E-state index >= 15 is 0 Å². The van der Waals surface area contributed by atoms with Gasteiger partial charge in [-0.25, -0.2) is 0 Å². The van der Waals surface area contributed by atoms with Crippen molar-refractivity contribution in [3.63, 3.8) is 0 Å². The third-order valence-electron chi connectivity index (χ3n) is 7.52. The lowest BCUT2D eigenvalue weighted by molar-refractivity contribution is 0.317. The van der Waals surface area contributed by atoms with Crippen LogP contribution < -0.4 is 14.4 Å². The molecule has 0 amide bonds. The molecular formula is C36H34NO2. The Hall–Kier alpha value is -4.24. The third-order valence-corrected chi connectivity index (χ3v) is 7.52. The Bertz CT molecular complexity index is 1520. The first-order chi connectivity index (χ1) is 19.2. The Morgan fingerprint density at radius 2 is 1.72 bits per heavy atom. The van der Waals surface area contributed by atoms with Gasteiger partial charge in [-0.3, -0.25) is 0 Å². The maximum atomic E-state index is 6.44. The molecule has 0 saturated carbocycles. The molecule has 6 rings (SSSR count). The van der Waals surface area contributed by atoms with Crippen molar-refractivity contribution in [1.82, 2.24) is 0 Å². The molecule has 1 aliphatic carbocycles. The second kappa shape index (κ2) is 11.2. The number of fused-ring (bicyclic) bond motifs is 1. The minimum atomic E-state index is 0.642. The van der Waals surface area contributed by atoms with Crippen LogP contribution in [0.1, 0.15) is 42.0 Å². The number of rotatable bonds is 9. The van der Waals surface area contributed by atoms with Crippen molar-refractivity contribution in [1.29, 1.82) is 0 Å². The van der Waals surface area contributed by atoms with Crippen molar-refractivity contribution in [3.8, 4) is 22.6 Å². The molecule has 0 unspecified atom stereocenters. The van der Waals surface area contributed by atoms with E-state index in [0.29, 0.717) is 5.76 Å². The number of benzene rings is 4. The zero-order chi connectivity index (χ0) is 26.6. The minimum absolute atomic E-state index is 0.642. The number of aryl methyl sites for hydroxylation is 1. The summed E-state index contributed by atoms with van der Waals surface area (Å²) in [5, 5.41) is 0. The molecule has 0 N–H and O–H groups in total. The monoisotopic (exact) mass is 512 g/mol. The van der Waals surface area contributed by atoms with Gasteiger partial charge < -0.3 is 14.4 Å². The van der Waals surface area contributed by atoms with Crippen LogP contribution >= 0.6 is 0 Å². The summed E-state index contributed by atoms with van der Waals surface area (Å²) in [4.78, 5) is 2.39. The molecule has 2 aliphatic rings. The smallest absolute Gasteiger partial charge is 0.128 e. The van der Waals surface area contributed by atoms with Crippen LogP contribution in [-0.4, -0.2) is 13.2 Å². The summed E-state index contributed by atoms with van der Waals surface area (Å²) in [6.45, 7) is 9.08. The van der Waals surface area contributed by atoms with Crippen LogP contribution in [0.15, 0.2) is 104 Å². The predicted molar refractivity (Wildman–Crippen MR) is 162 cm³/mol. The Morgan fingerprint density at radius 1 is 0.897 bits per heavy atom. The Labute approximate surface area is 232 Å². The fourth-order valence-corrected chi connectivity index (χ4v) is 5.36. The van der Waals surface area contributed by atoms with Gasteiger partial charge in [-0.2, -0.15) is 0 Å². The lowest BCUT2D eigenvalue weighted by Gasteiger charge is -2.25. The van der Waals surface area contributed by atoms with Gasteiger partial charge in [-0.1, -0.05) is 67.3 Å². The zero-order valence-electron chi connectivity index (χ0n) is 22.5. The maximum absolute atomic E-state index is 6.44. The number of hydrogen-bond donors (Lipinski definition) is 0. The molecule has 1 aliphatic heterocycles. The molecule has 195 valence electrons. The van der Waals surface area contributed by atoms with E-state index in [0.717, 1.165) is 67.1 Å². The van der Waals surface area contributed by atoms with Crippen LogP contribution in [0.4, 0.5) is 5.69 Å². The molecule has 0 saturated heterocycles. The molecule has 3 nitrogen and oxygen atoms in total. The van der Waals surface area contributed by atoms with Gasteiger partial charge in [0.25, 0.3) is 0 Å². The lowest BCUT2D eigenvalue weighted by atomic mass is 9.95. The fraction of sp³-hybridized carbons (Fsp3) is 0.194. The maximum Gasteiger partial charge on any atom is 0.128 e. The van der Waals surface area contributed by atoms with Crippen LogP contribution in [0.3, 0.4) is 0 Å². The highest BCUT2D eigenvalue weighted by atomic mass is 16.5. The predicted octanol–water partition coefficient (Wildman–Crippen LogP) is 8.75. The van der Waals surface area contributed by atoms with E-state index in [-0.39, 0.29) is 0 Å². The lowest BCUT2D eigenvalue weighted by Crippen LogP contribution is -2.22. The van der Waals surface area contributed by atoms with E-state index in [2.05, 4.69) is 116 Å². The summed E-state index contributed by atoms with van der Waals surface area (Å²) < 4.78 is 12.4. The molecule has 0 aromatic heterocycles. The van der Waals surface area contributed by atoms with Crippen LogP contribution in [0, 0.1) is 6.42 Å². The molecule has 0 atom stereocenters. The van der Waals surface area contributed by atoms with Gasteiger partial charge in [0.15, 0.2) is 0 Å². The summed E-state index contributed by atoms with van der Waals surface area (Å²) >= 11 is 0. The second-order valence-electron chi connectivity index (χ2n) is 10.2. The van der Waals surface area contributed by atoms with Crippen molar-refractivity contribution in [3.05, 3.63) is 132 Å². The highest BCUT2D eigenvalue weighted by molar-refractivity contribution is 5.89. The average Bonchev–Trinajstić information content (AvgIpc) is 3.84. The second-order valence-corrected chi connectivity index (χ2v) is 10.2. The minimum Gasteiger partial charge on any atom is -0.493 e. The zero-order valence-corrected chi connectivity index (χ0v) is 22.5. The van der Waals surface area contributed by atoms with Crippen molar-refractivity contribution in [2.75, 3.05) is 18.1 Å². The summed E-state index contributed by atoms with van der Waals surface area (Å²) in [7, 11) is 0. The number of hydrogen-bond acceptors (Lipinski definition) is 3. The van der Waals surface area contributed by atoms with E-state index in [9.17, 15) is 0 Å². The molecule has 0 spiro atoms. The summed E-state index contributed by atoms with van der Waals surface area (Å²) in [6, 6.07) is 31.8. The third kappa shape index (κ3) is 5.63. The number of anilines is 1. The van der Waals surface area contributed by atoms with Crippen molar-refractivity contribution >= 4 is 17.0 Å². The fourth-order valence-electron chi connectivity index (χ4n) is 5.36. The molecule has 4 aromatic rings. The number of para-hydroxylation sites is 1. The van der Waals surface area contributed by atoms with Gasteiger partial charge in [0, 0.05) is 30.8 Å². The SMILES string of the molecule is C=C(Oc1ccc(C2=C[CH]2)c(CN(CC)c2ccccc2)c1)c1ccccc1-c1ccc2c(c1)CCCCO2. The molecule has 0 bridgehead atoms. The first kappa shape index (κ1) is 25.1.